The van der Waals surface area contributed by atoms with E-state index >= 15 is 0 Å². The molecule has 1 aliphatic rings. The van der Waals surface area contributed by atoms with Crippen LogP contribution in [-0.4, -0.2) is 31.1 Å². The van der Waals surface area contributed by atoms with Crippen molar-refractivity contribution in [2.75, 3.05) is 26.2 Å². The van der Waals surface area contributed by atoms with Gasteiger partial charge in [0, 0.05) is 0 Å². The molecule has 0 radical (unpaired) electrons. The Morgan fingerprint density at radius 3 is 2.00 bits per heavy atom. The highest BCUT2D eigenvalue weighted by molar-refractivity contribution is 4.83. The number of hydrogen-bond donors (Lipinski definition) is 1. The van der Waals surface area contributed by atoms with E-state index in [0.29, 0.717) is 5.41 Å². The Hall–Kier alpha value is -0.0800. The van der Waals surface area contributed by atoms with Crippen molar-refractivity contribution in [3.05, 3.63) is 0 Å². The van der Waals surface area contributed by atoms with Crippen molar-refractivity contribution in [3.63, 3.8) is 0 Å². The topological polar surface area (TPSA) is 29.3 Å². The van der Waals surface area contributed by atoms with Gasteiger partial charge < -0.3 is 10.6 Å². The van der Waals surface area contributed by atoms with E-state index in [9.17, 15) is 0 Å². The molecule has 1 aliphatic heterocycles. The fourth-order valence-corrected chi connectivity index (χ4v) is 3.22. The number of unbranched alkanes of at least 4 members (excludes halogenated alkanes) is 4. The Morgan fingerprint density at radius 1 is 0.889 bits per heavy atom. The second-order valence-corrected chi connectivity index (χ2v) is 6.11. The maximum atomic E-state index is 5.50. The van der Waals surface area contributed by atoms with Gasteiger partial charge in [0.2, 0.25) is 0 Å². The molecule has 0 amide bonds. The van der Waals surface area contributed by atoms with Crippen LogP contribution in [0.1, 0.15) is 71.6 Å². The van der Waals surface area contributed by atoms with Crippen LogP contribution in [0.3, 0.4) is 0 Å². The summed E-state index contributed by atoms with van der Waals surface area (Å²) in [7, 11) is 0. The maximum Gasteiger partial charge on any atom is -0.00134 e. The van der Waals surface area contributed by atoms with Gasteiger partial charge in [-0.05, 0) is 57.3 Å². The summed E-state index contributed by atoms with van der Waals surface area (Å²) < 4.78 is 0. The molecule has 0 aliphatic carbocycles. The molecular formula is C16H34N2. The van der Waals surface area contributed by atoms with E-state index in [-0.39, 0.29) is 0 Å². The lowest BCUT2D eigenvalue weighted by Gasteiger charge is -2.41. The Kier molecular flexibility index (Phi) is 7.92. The first kappa shape index (κ1) is 16.0. The van der Waals surface area contributed by atoms with Crippen LogP contribution >= 0.6 is 0 Å². The molecule has 0 atom stereocenters. The van der Waals surface area contributed by atoms with Crippen LogP contribution in [0.4, 0.5) is 0 Å². The molecule has 2 nitrogen and oxygen atoms in total. The Balaban J connectivity index is 2.05. The molecule has 0 aromatic carbocycles. The molecule has 2 N–H and O–H groups in total. The molecule has 1 fully saturated rings. The standard InChI is InChI=1S/C16H34N2/c1-3-16(4-2)10-14-18(15-11-16)13-9-7-5-6-8-12-17/h3-15,17H2,1-2H3. The fraction of sp³-hybridized carbons (Fsp3) is 1.00. The Labute approximate surface area is 114 Å². The van der Waals surface area contributed by atoms with Gasteiger partial charge in [-0.2, -0.15) is 0 Å². The first-order valence-electron chi connectivity index (χ1n) is 8.19. The lowest BCUT2D eigenvalue weighted by molar-refractivity contribution is 0.0942. The SMILES string of the molecule is CCC1(CC)CCN(CCCCCCCN)CC1. The lowest BCUT2D eigenvalue weighted by Crippen LogP contribution is -2.39. The number of nitrogens with two attached hydrogens (primary N) is 1. The predicted molar refractivity (Wildman–Crippen MR) is 80.8 cm³/mol. The molecule has 0 unspecified atom stereocenters. The van der Waals surface area contributed by atoms with Crippen molar-refractivity contribution in [1.82, 2.24) is 4.90 Å². The third kappa shape index (κ3) is 5.27. The number of piperidine rings is 1. The zero-order chi connectivity index (χ0) is 13.3. The molecule has 0 aromatic rings. The highest BCUT2D eigenvalue weighted by Gasteiger charge is 2.30. The van der Waals surface area contributed by atoms with Crippen LogP contribution in [-0.2, 0) is 0 Å². The van der Waals surface area contributed by atoms with E-state index in [4.69, 9.17) is 5.73 Å². The molecule has 0 bridgehead atoms. The third-order valence-corrected chi connectivity index (χ3v) is 5.10. The van der Waals surface area contributed by atoms with Gasteiger partial charge in [0.25, 0.3) is 0 Å². The van der Waals surface area contributed by atoms with E-state index < -0.39 is 0 Å². The van der Waals surface area contributed by atoms with Gasteiger partial charge in [-0.3, -0.25) is 0 Å². The average molecular weight is 254 g/mol. The number of likely N-dealkylation sites (tertiary alicyclic amines) is 1. The molecule has 2 heteroatoms. The summed E-state index contributed by atoms with van der Waals surface area (Å²) in [4.78, 5) is 2.69. The minimum atomic E-state index is 0.678. The van der Waals surface area contributed by atoms with E-state index in [1.807, 2.05) is 0 Å². The summed E-state index contributed by atoms with van der Waals surface area (Å²) >= 11 is 0. The zero-order valence-electron chi connectivity index (χ0n) is 12.7. The van der Waals surface area contributed by atoms with Gasteiger partial charge in [-0.25, -0.2) is 0 Å². The normalized spacial score (nSPS) is 20.2. The summed E-state index contributed by atoms with van der Waals surface area (Å²) in [5.74, 6) is 0. The van der Waals surface area contributed by atoms with Gasteiger partial charge in [-0.1, -0.05) is 46.0 Å². The van der Waals surface area contributed by atoms with Crippen LogP contribution in [0.25, 0.3) is 0 Å². The molecule has 0 saturated carbocycles. The second kappa shape index (κ2) is 8.92. The fourth-order valence-electron chi connectivity index (χ4n) is 3.22. The summed E-state index contributed by atoms with van der Waals surface area (Å²) in [6, 6.07) is 0. The first-order valence-corrected chi connectivity index (χ1v) is 8.19. The van der Waals surface area contributed by atoms with E-state index in [1.54, 1.807) is 0 Å². The molecule has 18 heavy (non-hydrogen) atoms. The largest absolute Gasteiger partial charge is 0.330 e. The second-order valence-electron chi connectivity index (χ2n) is 6.11. The first-order chi connectivity index (χ1) is 8.76. The third-order valence-electron chi connectivity index (χ3n) is 5.10. The molecule has 0 aromatic heterocycles. The van der Waals surface area contributed by atoms with Crippen molar-refractivity contribution in [3.8, 4) is 0 Å². The summed E-state index contributed by atoms with van der Waals surface area (Å²) in [6.07, 6.45) is 12.3. The van der Waals surface area contributed by atoms with Gasteiger partial charge in [-0.15, -0.1) is 0 Å². The van der Waals surface area contributed by atoms with Crippen molar-refractivity contribution >= 4 is 0 Å². The molecule has 1 heterocycles. The van der Waals surface area contributed by atoms with Crippen LogP contribution in [0.15, 0.2) is 0 Å². The summed E-state index contributed by atoms with van der Waals surface area (Å²) in [5.41, 5.74) is 6.18. The number of nitrogens with zero attached hydrogens (tertiary/aromatic N) is 1. The van der Waals surface area contributed by atoms with E-state index in [2.05, 4.69) is 18.7 Å². The molecule has 108 valence electrons. The minimum Gasteiger partial charge on any atom is -0.330 e. The van der Waals surface area contributed by atoms with Crippen molar-refractivity contribution in [1.29, 1.82) is 0 Å². The Bertz CT molecular complexity index is 189. The van der Waals surface area contributed by atoms with Gasteiger partial charge >= 0.3 is 0 Å². The van der Waals surface area contributed by atoms with E-state index in [0.717, 1.165) is 6.54 Å². The van der Waals surface area contributed by atoms with Crippen molar-refractivity contribution in [2.24, 2.45) is 11.1 Å². The lowest BCUT2D eigenvalue weighted by atomic mass is 9.74. The number of rotatable bonds is 9. The van der Waals surface area contributed by atoms with E-state index in [1.165, 1.54) is 77.4 Å². The highest BCUT2D eigenvalue weighted by Crippen LogP contribution is 2.37. The molecule has 1 rings (SSSR count). The number of hydrogen-bond acceptors (Lipinski definition) is 2. The van der Waals surface area contributed by atoms with Crippen LogP contribution in [0.2, 0.25) is 0 Å². The monoisotopic (exact) mass is 254 g/mol. The molecule has 1 saturated heterocycles. The van der Waals surface area contributed by atoms with Gasteiger partial charge in [0.05, 0.1) is 0 Å². The average Bonchev–Trinajstić information content (AvgIpc) is 2.43. The Morgan fingerprint density at radius 2 is 1.44 bits per heavy atom. The minimum absolute atomic E-state index is 0.678. The van der Waals surface area contributed by atoms with Crippen molar-refractivity contribution < 1.29 is 0 Å². The van der Waals surface area contributed by atoms with Gasteiger partial charge in [0.1, 0.15) is 0 Å². The summed E-state index contributed by atoms with van der Waals surface area (Å²) in [5, 5.41) is 0. The predicted octanol–water partition coefficient (Wildman–Crippen LogP) is 3.80. The quantitative estimate of drug-likeness (QED) is 0.634. The van der Waals surface area contributed by atoms with Crippen LogP contribution < -0.4 is 5.73 Å². The molecular weight excluding hydrogens is 220 g/mol. The van der Waals surface area contributed by atoms with Crippen LogP contribution in [0.5, 0.6) is 0 Å². The maximum absolute atomic E-state index is 5.50. The highest BCUT2D eigenvalue weighted by atomic mass is 15.1. The smallest absolute Gasteiger partial charge is 0.00134 e. The molecule has 0 spiro atoms. The summed E-state index contributed by atoms with van der Waals surface area (Å²) in [6.45, 7) is 9.61. The zero-order valence-corrected chi connectivity index (χ0v) is 12.7. The van der Waals surface area contributed by atoms with Crippen LogP contribution in [0, 0.1) is 5.41 Å². The van der Waals surface area contributed by atoms with Gasteiger partial charge in [0.15, 0.2) is 0 Å². The van der Waals surface area contributed by atoms with Crippen molar-refractivity contribution in [2.45, 2.75) is 71.6 Å².